The fourth-order valence-corrected chi connectivity index (χ4v) is 3.11. The van der Waals surface area contributed by atoms with Crippen LogP contribution in [0.25, 0.3) is 0 Å². The van der Waals surface area contributed by atoms with E-state index in [4.69, 9.17) is 5.11 Å². The minimum atomic E-state index is -0.812. The molecule has 112 valence electrons. The maximum atomic E-state index is 12.0. The van der Waals surface area contributed by atoms with Crippen LogP contribution in [0.1, 0.15) is 46.8 Å². The highest BCUT2D eigenvalue weighted by molar-refractivity contribution is 7.14. The largest absolute Gasteiger partial charge is 0.481 e. The highest BCUT2D eigenvalue weighted by Gasteiger charge is 2.17. The molecule has 1 atom stereocenters. The van der Waals surface area contributed by atoms with Gasteiger partial charge < -0.3 is 10.4 Å². The third-order valence-electron chi connectivity index (χ3n) is 3.21. The van der Waals surface area contributed by atoms with Crippen LogP contribution in [0.3, 0.4) is 0 Å². The first kappa shape index (κ1) is 16.7. The quantitative estimate of drug-likeness (QED) is 0.812. The van der Waals surface area contributed by atoms with Crippen LogP contribution in [0.5, 0.6) is 0 Å². The van der Waals surface area contributed by atoms with Gasteiger partial charge in [-0.05, 0) is 43.7 Å². The molecule has 2 N–H and O–H groups in total. The maximum Gasteiger partial charge on any atom is 0.303 e. The van der Waals surface area contributed by atoms with E-state index < -0.39 is 5.97 Å². The molecule has 0 aliphatic carbocycles. The summed E-state index contributed by atoms with van der Waals surface area (Å²) in [6, 6.07) is 1.88. The van der Waals surface area contributed by atoms with Gasteiger partial charge in [-0.15, -0.1) is 11.3 Å². The summed E-state index contributed by atoms with van der Waals surface area (Å²) in [5.41, 5.74) is 1.12. The fraction of sp³-hybridized carbons (Fsp3) is 0.600. The maximum absolute atomic E-state index is 12.0. The van der Waals surface area contributed by atoms with E-state index in [1.807, 2.05) is 19.9 Å². The highest BCUT2D eigenvalue weighted by atomic mass is 32.1. The molecule has 0 aliphatic rings. The standard InChI is InChI=1S/C15H23NO3S/c1-9(2)5-12(7-14(17)18)8-16-15(19)13-6-10(3)11(4)20-13/h6,9,12H,5,7-8H2,1-4H3,(H,16,19)(H,17,18)/t12-/m0/s1. The number of aryl methyl sites for hydroxylation is 2. The third kappa shape index (κ3) is 5.33. The molecule has 0 saturated heterocycles. The number of thiophene rings is 1. The number of carbonyl (C=O) groups is 2. The summed E-state index contributed by atoms with van der Waals surface area (Å²) in [5, 5.41) is 11.8. The van der Waals surface area contributed by atoms with Gasteiger partial charge >= 0.3 is 5.97 Å². The van der Waals surface area contributed by atoms with Gasteiger partial charge in [-0.25, -0.2) is 0 Å². The Morgan fingerprint density at radius 2 is 2.00 bits per heavy atom. The second-order valence-corrected chi connectivity index (χ2v) is 6.91. The highest BCUT2D eigenvalue weighted by Crippen LogP contribution is 2.21. The molecule has 0 bridgehead atoms. The number of nitrogens with one attached hydrogen (secondary N) is 1. The summed E-state index contributed by atoms with van der Waals surface area (Å²) in [4.78, 5) is 24.7. The Balaban J connectivity index is 2.57. The van der Waals surface area contributed by atoms with Gasteiger partial charge in [0.15, 0.2) is 0 Å². The molecule has 1 aromatic rings. The van der Waals surface area contributed by atoms with Crippen molar-refractivity contribution < 1.29 is 14.7 Å². The van der Waals surface area contributed by atoms with Gasteiger partial charge in [0.1, 0.15) is 0 Å². The number of aliphatic carboxylic acids is 1. The average Bonchev–Trinajstić information content (AvgIpc) is 2.65. The van der Waals surface area contributed by atoms with Crippen molar-refractivity contribution in [2.75, 3.05) is 6.54 Å². The molecule has 4 nitrogen and oxygen atoms in total. The molecule has 0 aromatic carbocycles. The number of hydrogen-bond acceptors (Lipinski definition) is 3. The lowest BCUT2D eigenvalue weighted by Gasteiger charge is -2.17. The predicted molar refractivity (Wildman–Crippen MR) is 81.3 cm³/mol. The molecule has 0 unspecified atom stereocenters. The molecule has 1 aromatic heterocycles. The lowest BCUT2D eigenvalue weighted by atomic mass is 9.94. The van der Waals surface area contributed by atoms with Gasteiger partial charge in [0.05, 0.1) is 4.88 Å². The molecular formula is C15H23NO3S. The van der Waals surface area contributed by atoms with Crippen LogP contribution in [-0.4, -0.2) is 23.5 Å². The summed E-state index contributed by atoms with van der Waals surface area (Å²) in [5.74, 6) is -0.515. The summed E-state index contributed by atoms with van der Waals surface area (Å²) in [6.45, 7) is 8.50. The van der Waals surface area contributed by atoms with Crippen LogP contribution >= 0.6 is 11.3 Å². The third-order valence-corrected chi connectivity index (χ3v) is 4.36. The van der Waals surface area contributed by atoms with Crippen molar-refractivity contribution in [3.8, 4) is 0 Å². The van der Waals surface area contributed by atoms with Gasteiger partial charge in [0, 0.05) is 17.8 Å². The van der Waals surface area contributed by atoms with Crippen molar-refractivity contribution in [2.45, 2.75) is 40.5 Å². The van der Waals surface area contributed by atoms with E-state index in [9.17, 15) is 9.59 Å². The Bertz CT molecular complexity index is 460. The van der Waals surface area contributed by atoms with Gasteiger partial charge in [0.25, 0.3) is 5.91 Å². The number of carbonyl (C=O) groups excluding carboxylic acids is 1. The molecule has 0 spiro atoms. The number of carboxylic acid groups (broad SMARTS) is 1. The van der Waals surface area contributed by atoms with Gasteiger partial charge in [-0.3, -0.25) is 9.59 Å². The molecule has 0 radical (unpaired) electrons. The molecule has 20 heavy (non-hydrogen) atoms. The zero-order chi connectivity index (χ0) is 15.3. The van der Waals surface area contributed by atoms with Crippen LogP contribution < -0.4 is 5.32 Å². The Hall–Kier alpha value is -1.36. The van der Waals surface area contributed by atoms with Crippen molar-refractivity contribution in [3.05, 3.63) is 21.4 Å². The van der Waals surface area contributed by atoms with E-state index in [2.05, 4.69) is 19.2 Å². The normalized spacial score (nSPS) is 12.4. The zero-order valence-corrected chi connectivity index (χ0v) is 13.3. The molecule has 1 amide bonds. The smallest absolute Gasteiger partial charge is 0.303 e. The van der Waals surface area contributed by atoms with Crippen molar-refractivity contribution >= 4 is 23.2 Å². The summed E-state index contributed by atoms with van der Waals surface area (Å²) in [7, 11) is 0. The predicted octanol–water partition coefficient (Wildman–Crippen LogP) is 3.23. The molecule has 5 heteroatoms. The van der Waals surface area contributed by atoms with Crippen LogP contribution in [0.4, 0.5) is 0 Å². The monoisotopic (exact) mass is 297 g/mol. The second-order valence-electron chi connectivity index (χ2n) is 5.65. The number of carboxylic acids is 1. The lowest BCUT2D eigenvalue weighted by molar-refractivity contribution is -0.138. The van der Waals surface area contributed by atoms with Crippen molar-refractivity contribution in [3.63, 3.8) is 0 Å². The fourth-order valence-electron chi connectivity index (χ4n) is 2.16. The lowest BCUT2D eigenvalue weighted by Crippen LogP contribution is -2.30. The van der Waals surface area contributed by atoms with Gasteiger partial charge in [0.2, 0.25) is 0 Å². The minimum absolute atomic E-state index is 0.0152. The van der Waals surface area contributed by atoms with Crippen molar-refractivity contribution in [1.82, 2.24) is 5.32 Å². The molecule has 0 fully saturated rings. The molecule has 0 aliphatic heterocycles. The van der Waals surface area contributed by atoms with E-state index in [-0.39, 0.29) is 18.2 Å². The second kappa shape index (κ2) is 7.43. The van der Waals surface area contributed by atoms with E-state index in [0.717, 1.165) is 16.9 Å². The SMILES string of the molecule is Cc1cc(C(=O)NC[C@H](CC(=O)O)CC(C)C)sc1C. The van der Waals surface area contributed by atoms with E-state index in [0.29, 0.717) is 17.3 Å². The first-order valence-electron chi connectivity index (χ1n) is 6.86. The van der Waals surface area contributed by atoms with Crippen molar-refractivity contribution in [2.24, 2.45) is 11.8 Å². The number of hydrogen-bond donors (Lipinski definition) is 2. The molecule has 0 saturated carbocycles. The van der Waals surface area contributed by atoms with Crippen LogP contribution in [0, 0.1) is 25.7 Å². The minimum Gasteiger partial charge on any atom is -0.481 e. The summed E-state index contributed by atoms with van der Waals surface area (Å²) in [6.07, 6.45) is 0.899. The topological polar surface area (TPSA) is 66.4 Å². The number of rotatable bonds is 7. The zero-order valence-electron chi connectivity index (χ0n) is 12.5. The van der Waals surface area contributed by atoms with E-state index >= 15 is 0 Å². The van der Waals surface area contributed by atoms with E-state index in [1.54, 1.807) is 0 Å². The van der Waals surface area contributed by atoms with E-state index in [1.165, 1.54) is 11.3 Å². The first-order chi connectivity index (χ1) is 9.29. The molecular weight excluding hydrogens is 274 g/mol. The van der Waals surface area contributed by atoms with Gasteiger partial charge in [-0.1, -0.05) is 13.8 Å². The Labute approximate surface area is 124 Å². The number of amides is 1. The summed E-state index contributed by atoms with van der Waals surface area (Å²) < 4.78 is 0. The average molecular weight is 297 g/mol. The van der Waals surface area contributed by atoms with Crippen LogP contribution in [-0.2, 0) is 4.79 Å². The Morgan fingerprint density at radius 3 is 2.45 bits per heavy atom. The van der Waals surface area contributed by atoms with Crippen LogP contribution in [0.15, 0.2) is 6.07 Å². The van der Waals surface area contributed by atoms with Crippen molar-refractivity contribution in [1.29, 1.82) is 0 Å². The Kier molecular flexibility index (Phi) is 6.20. The molecule has 1 rings (SSSR count). The summed E-state index contributed by atoms with van der Waals surface area (Å²) >= 11 is 1.47. The van der Waals surface area contributed by atoms with Gasteiger partial charge in [-0.2, -0.15) is 0 Å². The molecule has 1 heterocycles. The Morgan fingerprint density at radius 1 is 1.35 bits per heavy atom. The van der Waals surface area contributed by atoms with Crippen LogP contribution in [0.2, 0.25) is 0 Å². The first-order valence-corrected chi connectivity index (χ1v) is 7.68.